The van der Waals surface area contributed by atoms with Crippen LogP contribution in [0, 0.1) is 6.92 Å². The fourth-order valence-corrected chi connectivity index (χ4v) is 4.27. The molecule has 0 unspecified atom stereocenters. The summed E-state index contributed by atoms with van der Waals surface area (Å²) in [6.07, 6.45) is 0.923. The van der Waals surface area contributed by atoms with Crippen molar-refractivity contribution in [3.63, 3.8) is 0 Å². The number of rotatable bonds is 3. The fraction of sp³-hybridized carbons (Fsp3) is 0.111. The Kier molecular flexibility index (Phi) is 4.02. The molecule has 1 heteroatoms. The maximum Gasteiger partial charge on any atom is 0.139 e. The third-order valence-corrected chi connectivity index (χ3v) is 5.62. The van der Waals surface area contributed by atoms with Gasteiger partial charge in [0.05, 0.1) is 0 Å². The molecule has 0 bridgehead atoms. The number of fused-ring (bicyclic) bond motifs is 3. The Morgan fingerprint density at radius 3 is 2.14 bits per heavy atom. The van der Waals surface area contributed by atoms with Crippen molar-refractivity contribution in [2.45, 2.75) is 20.3 Å². The zero-order valence-electron chi connectivity index (χ0n) is 16.2. The van der Waals surface area contributed by atoms with Gasteiger partial charge in [-0.1, -0.05) is 85.8 Å². The summed E-state index contributed by atoms with van der Waals surface area (Å²) in [5.41, 5.74) is 7.29. The molecule has 0 spiro atoms. The Hall–Kier alpha value is -3.32. The van der Waals surface area contributed by atoms with E-state index in [-0.39, 0.29) is 0 Å². The van der Waals surface area contributed by atoms with Crippen LogP contribution in [0.3, 0.4) is 0 Å². The van der Waals surface area contributed by atoms with Gasteiger partial charge in [-0.3, -0.25) is 0 Å². The van der Waals surface area contributed by atoms with E-state index in [2.05, 4.69) is 92.7 Å². The summed E-state index contributed by atoms with van der Waals surface area (Å²) in [4.78, 5) is 0. The Morgan fingerprint density at radius 1 is 0.714 bits per heavy atom. The minimum Gasteiger partial charge on any atom is -0.456 e. The van der Waals surface area contributed by atoms with Gasteiger partial charge in [0.25, 0.3) is 0 Å². The zero-order valence-corrected chi connectivity index (χ0v) is 16.2. The normalized spacial score (nSPS) is 11.4. The second-order valence-corrected chi connectivity index (χ2v) is 7.29. The molecule has 5 aromatic rings. The van der Waals surface area contributed by atoms with Crippen LogP contribution in [0.5, 0.6) is 0 Å². The average molecular weight is 362 g/mol. The summed E-state index contributed by atoms with van der Waals surface area (Å²) in [5.74, 6) is 0.928. The summed E-state index contributed by atoms with van der Waals surface area (Å²) in [6, 6.07) is 29.9. The molecule has 5 rings (SSSR count). The molecule has 4 aromatic carbocycles. The van der Waals surface area contributed by atoms with Gasteiger partial charge in [-0.15, -0.1) is 0 Å². The second kappa shape index (κ2) is 6.69. The van der Waals surface area contributed by atoms with Gasteiger partial charge in [0.2, 0.25) is 0 Å². The van der Waals surface area contributed by atoms with Crippen LogP contribution in [0.15, 0.2) is 89.3 Å². The minimum atomic E-state index is 0.923. The Balaban J connectivity index is 1.93. The van der Waals surface area contributed by atoms with Crippen LogP contribution in [-0.2, 0) is 6.42 Å². The third kappa shape index (κ3) is 2.55. The molecule has 0 N–H and O–H groups in total. The van der Waals surface area contributed by atoms with Crippen LogP contribution < -0.4 is 0 Å². The van der Waals surface area contributed by atoms with E-state index >= 15 is 0 Å². The van der Waals surface area contributed by atoms with Crippen LogP contribution in [0.25, 0.3) is 44.2 Å². The van der Waals surface area contributed by atoms with Crippen LogP contribution in [0.4, 0.5) is 0 Å². The van der Waals surface area contributed by atoms with Crippen molar-refractivity contribution >= 4 is 21.7 Å². The van der Waals surface area contributed by atoms with Gasteiger partial charge >= 0.3 is 0 Å². The highest BCUT2D eigenvalue weighted by atomic mass is 16.3. The van der Waals surface area contributed by atoms with E-state index in [0.717, 1.165) is 23.3 Å². The lowest BCUT2D eigenvalue weighted by Gasteiger charge is -2.15. The number of hydrogen-bond acceptors (Lipinski definition) is 1. The van der Waals surface area contributed by atoms with Gasteiger partial charge < -0.3 is 4.42 Å². The van der Waals surface area contributed by atoms with Crippen molar-refractivity contribution in [2.75, 3.05) is 0 Å². The Bertz CT molecular complexity index is 1290. The predicted octanol–water partition coefficient (Wildman–Crippen LogP) is 7.79. The number of benzene rings is 4. The first-order chi connectivity index (χ1) is 13.8. The van der Waals surface area contributed by atoms with E-state index in [9.17, 15) is 0 Å². The van der Waals surface area contributed by atoms with Crippen molar-refractivity contribution in [3.05, 3.63) is 96.1 Å². The molecular formula is C27H22O. The minimum absolute atomic E-state index is 0.923. The standard InChI is InChI=1S/C27H22O/c1-3-20-26(21-14-8-7-11-18(21)2)23-16-10-9-15-22(23)24-17-25(28-27(20)24)19-12-5-4-6-13-19/h4-17H,3H2,1-2H3. The maximum absolute atomic E-state index is 6.49. The summed E-state index contributed by atoms with van der Waals surface area (Å²) >= 11 is 0. The molecule has 28 heavy (non-hydrogen) atoms. The average Bonchev–Trinajstić information content (AvgIpc) is 3.19. The topological polar surface area (TPSA) is 13.1 Å². The Labute approximate surface area is 165 Å². The molecule has 0 fully saturated rings. The van der Waals surface area contributed by atoms with Gasteiger partial charge in [0, 0.05) is 16.5 Å². The van der Waals surface area contributed by atoms with Crippen molar-refractivity contribution in [1.29, 1.82) is 0 Å². The van der Waals surface area contributed by atoms with E-state index in [1.807, 2.05) is 6.07 Å². The lowest BCUT2D eigenvalue weighted by molar-refractivity contribution is 0.627. The monoisotopic (exact) mass is 362 g/mol. The van der Waals surface area contributed by atoms with Gasteiger partial charge in [-0.05, 0) is 46.9 Å². The van der Waals surface area contributed by atoms with Gasteiger partial charge in [-0.2, -0.15) is 0 Å². The van der Waals surface area contributed by atoms with Gasteiger partial charge in [0.1, 0.15) is 11.3 Å². The van der Waals surface area contributed by atoms with E-state index < -0.39 is 0 Å². The van der Waals surface area contributed by atoms with Crippen LogP contribution >= 0.6 is 0 Å². The number of aryl methyl sites for hydroxylation is 2. The molecular weight excluding hydrogens is 340 g/mol. The van der Waals surface area contributed by atoms with Crippen LogP contribution in [0.2, 0.25) is 0 Å². The molecule has 1 heterocycles. The molecule has 0 radical (unpaired) electrons. The molecule has 136 valence electrons. The summed E-state index contributed by atoms with van der Waals surface area (Å²) < 4.78 is 6.49. The smallest absolute Gasteiger partial charge is 0.139 e. The third-order valence-electron chi connectivity index (χ3n) is 5.62. The first-order valence-corrected chi connectivity index (χ1v) is 9.86. The van der Waals surface area contributed by atoms with E-state index in [1.54, 1.807) is 0 Å². The molecule has 0 saturated heterocycles. The lowest BCUT2D eigenvalue weighted by atomic mass is 9.88. The van der Waals surface area contributed by atoms with Crippen molar-refractivity contribution in [2.24, 2.45) is 0 Å². The lowest BCUT2D eigenvalue weighted by Crippen LogP contribution is -1.93. The zero-order chi connectivity index (χ0) is 19.1. The highest BCUT2D eigenvalue weighted by Gasteiger charge is 2.19. The molecule has 1 aromatic heterocycles. The highest BCUT2D eigenvalue weighted by molar-refractivity contribution is 6.15. The first-order valence-electron chi connectivity index (χ1n) is 9.86. The molecule has 0 aliphatic rings. The molecule has 0 amide bonds. The molecule has 1 nitrogen and oxygen atoms in total. The summed E-state index contributed by atoms with van der Waals surface area (Å²) in [6.45, 7) is 4.40. The van der Waals surface area contributed by atoms with Crippen LogP contribution in [-0.4, -0.2) is 0 Å². The summed E-state index contributed by atoms with van der Waals surface area (Å²) in [7, 11) is 0. The largest absolute Gasteiger partial charge is 0.456 e. The van der Waals surface area contributed by atoms with Gasteiger partial charge in [-0.25, -0.2) is 0 Å². The highest BCUT2D eigenvalue weighted by Crippen LogP contribution is 2.43. The van der Waals surface area contributed by atoms with E-state index in [0.29, 0.717) is 0 Å². The molecule has 0 aliphatic heterocycles. The van der Waals surface area contributed by atoms with Crippen molar-refractivity contribution in [1.82, 2.24) is 0 Å². The van der Waals surface area contributed by atoms with Crippen molar-refractivity contribution in [3.8, 4) is 22.5 Å². The van der Waals surface area contributed by atoms with E-state index in [4.69, 9.17) is 4.42 Å². The number of hydrogen-bond donors (Lipinski definition) is 0. The second-order valence-electron chi connectivity index (χ2n) is 7.29. The predicted molar refractivity (Wildman–Crippen MR) is 119 cm³/mol. The first kappa shape index (κ1) is 16.8. The molecule has 0 atom stereocenters. The summed E-state index contributed by atoms with van der Waals surface area (Å²) in [5, 5.41) is 3.74. The maximum atomic E-state index is 6.49. The quantitative estimate of drug-likeness (QED) is 0.319. The van der Waals surface area contributed by atoms with Crippen LogP contribution in [0.1, 0.15) is 18.1 Å². The molecule has 0 aliphatic carbocycles. The number of furan rings is 1. The fourth-order valence-electron chi connectivity index (χ4n) is 4.27. The van der Waals surface area contributed by atoms with E-state index in [1.165, 1.54) is 38.4 Å². The van der Waals surface area contributed by atoms with Crippen molar-refractivity contribution < 1.29 is 4.42 Å². The molecule has 0 saturated carbocycles. The Morgan fingerprint density at radius 2 is 1.39 bits per heavy atom. The SMILES string of the molecule is CCc1c(-c2ccccc2C)c2ccccc2c2cc(-c3ccccc3)oc12. The van der Waals surface area contributed by atoms with Gasteiger partial charge in [0.15, 0.2) is 0 Å².